The average Bonchev–Trinajstić information content (AvgIpc) is 1.87. The Morgan fingerprint density at radius 1 is 1.50 bits per heavy atom. The Kier molecular flexibility index (Phi) is 2.49. The molecule has 0 spiro atoms. The van der Waals surface area contributed by atoms with Crippen LogP contribution in [-0.2, 0) is 0 Å². The lowest BCUT2D eigenvalue weighted by molar-refractivity contribution is 0.662. The fourth-order valence-corrected chi connectivity index (χ4v) is 1.02. The van der Waals surface area contributed by atoms with E-state index in [0.717, 1.165) is 0 Å². The maximum atomic E-state index is 3.73. The van der Waals surface area contributed by atoms with Crippen LogP contribution in [0.25, 0.3) is 0 Å². The van der Waals surface area contributed by atoms with Crippen molar-refractivity contribution in [3.63, 3.8) is 0 Å². The smallest absolute Gasteiger partial charge is 0.0306 e. The van der Waals surface area contributed by atoms with E-state index in [9.17, 15) is 0 Å². The molecule has 0 bridgehead atoms. The predicted octanol–water partition coefficient (Wildman–Crippen LogP) is 3.23. The van der Waals surface area contributed by atoms with Crippen molar-refractivity contribution in [2.75, 3.05) is 0 Å². The van der Waals surface area contributed by atoms with Crippen LogP contribution in [0.4, 0.5) is 0 Å². The zero-order valence-electron chi connectivity index (χ0n) is 6.56. The second-order valence-electron chi connectivity index (χ2n) is 2.65. The van der Waals surface area contributed by atoms with E-state index < -0.39 is 0 Å². The second-order valence-corrected chi connectivity index (χ2v) is 2.65. The molecule has 0 aromatic carbocycles. The van der Waals surface area contributed by atoms with Gasteiger partial charge in [0, 0.05) is 0 Å². The van der Waals surface area contributed by atoms with E-state index in [4.69, 9.17) is 0 Å². The molecule has 0 heterocycles. The lowest BCUT2D eigenvalue weighted by Gasteiger charge is -2.15. The van der Waals surface area contributed by atoms with Crippen LogP contribution < -0.4 is 0 Å². The molecule has 0 radical (unpaired) electrons. The molecule has 1 fully saturated rings. The molecular weight excluding hydrogens is 120 g/mol. The van der Waals surface area contributed by atoms with E-state index in [-0.39, 0.29) is 0 Å². The number of allylic oxidation sites excluding steroid dienone is 5. The normalized spacial score (nSPS) is 18.1. The molecule has 1 aliphatic rings. The topological polar surface area (TPSA) is 0 Å². The highest BCUT2D eigenvalue weighted by molar-refractivity contribution is 5.33. The minimum absolute atomic E-state index is 1.26. The molecule has 0 aromatic heterocycles. The zero-order chi connectivity index (χ0) is 7.40. The fourth-order valence-electron chi connectivity index (χ4n) is 1.02. The van der Waals surface area contributed by atoms with E-state index in [1.54, 1.807) is 5.57 Å². The van der Waals surface area contributed by atoms with Crippen LogP contribution in [-0.4, -0.2) is 0 Å². The molecule has 0 nitrogen and oxygen atoms in total. The molecule has 0 N–H and O–H groups in total. The van der Waals surface area contributed by atoms with Crippen LogP contribution in [0.5, 0.6) is 0 Å². The third kappa shape index (κ3) is 1.60. The molecule has 10 heavy (non-hydrogen) atoms. The molecular formula is C10H14. The predicted molar refractivity (Wildman–Crippen MR) is 45.9 cm³/mol. The summed E-state index contributed by atoms with van der Waals surface area (Å²) < 4.78 is 0. The summed E-state index contributed by atoms with van der Waals surface area (Å²) in [5.41, 5.74) is 2.84. The third-order valence-electron chi connectivity index (χ3n) is 1.94. The van der Waals surface area contributed by atoms with Crippen LogP contribution in [0.3, 0.4) is 0 Å². The molecule has 0 saturated heterocycles. The molecule has 0 amide bonds. The lowest BCUT2D eigenvalue weighted by atomic mass is 9.91. The van der Waals surface area contributed by atoms with Crippen LogP contribution >= 0.6 is 0 Å². The van der Waals surface area contributed by atoms with Crippen molar-refractivity contribution in [3.8, 4) is 0 Å². The van der Waals surface area contributed by atoms with E-state index in [2.05, 4.69) is 18.7 Å². The van der Waals surface area contributed by atoms with Gasteiger partial charge in [-0.15, -0.1) is 0 Å². The average molecular weight is 134 g/mol. The Bertz CT molecular complexity index is 176. The van der Waals surface area contributed by atoms with Crippen molar-refractivity contribution >= 4 is 0 Å². The third-order valence-corrected chi connectivity index (χ3v) is 1.94. The first-order chi connectivity index (χ1) is 4.86. The van der Waals surface area contributed by atoms with Gasteiger partial charge in [0.15, 0.2) is 0 Å². The largest absolute Gasteiger partial charge is 0.0985 e. The van der Waals surface area contributed by atoms with Crippen LogP contribution in [0.15, 0.2) is 36.0 Å². The first kappa shape index (κ1) is 7.33. The summed E-state index contributed by atoms with van der Waals surface area (Å²) in [5.74, 6) is 0. The Morgan fingerprint density at radius 3 is 2.50 bits per heavy atom. The van der Waals surface area contributed by atoms with Gasteiger partial charge in [-0.2, -0.15) is 0 Å². The molecule has 0 aromatic rings. The van der Waals surface area contributed by atoms with E-state index in [1.807, 2.05) is 13.0 Å². The molecule has 54 valence electrons. The maximum absolute atomic E-state index is 3.73. The van der Waals surface area contributed by atoms with Gasteiger partial charge in [-0.25, -0.2) is 0 Å². The van der Waals surface area contributed by atoms with Crippen molar-refractivity contribution in [3.05, 3.63) is 36.0 Å². The highest BCUT2D eigenvalue weighted by Gasteiger charge is 2.06. The van der Waals surface area contributed by atoms with E-state index in [1.165, 1.54) is 24.8 Å². The summed E-state index contributed by atoms with van der Waals surface area (Å²) in [6.07, 6.45) is 10.2. The van der Waals surface area contributed by atoms with Crippen molar-refractivity contribution in [1.29, 1.82) is 0 Å². The van der Waals surface area contributed by atoms with Gasteiger partial charge in [-0.3, -0.25) is 0 Å². The molecule has 0 atom stereocenters. The summed E-state index contributed by atoms with van der Waals surface area (Å²) >= 11 is 0. The van der Waals surface area contributed by atoms with Crippen LogP contribution in [0.2, 0.25) is 0 Å². The second kappa shape index (κ2) is 3.40. The van der Waals surface area contributed by atoms with E-state index in [0.29, 0.717) is 0 Å². The van der Waals surface area contributed by atoms with Gasteiger partial charge in [0.05, 0.1) is 0 Å². The SMILES string of the molecule is C=CC(=CC)C=C1CCC1. The molecule has 1 rings (SSSR count). The fraction of sp³-hybridized carbons (Fsp3) is 0.400. The van der Waals surface area contributed by atoms with Crippen LogP contribution in [0.1, 0.15) is 26.2 Å². The van der Waals surface area contributed by atoms with Crippen LogP contribution in [0, 0.1) is 0 Å². The summed E-state index contributed by atoms with van der Waals surface area (Å²) in [4.78, 5) is 0. The Balaban J connectivity index is 2.56. The highest BCUT2D eigenvalue weighted by atomic mass is 14.1. The first-order valence-corrected chi connectivity index (χ1v) is 3.85. The van der Waals surface area contributed by atoms with Gasteiger partial charge in [0.1, 0.15) is 0 Å². The van der Waals surface area contributed by atoms with Gasteiger partial charge in [0.2, 0.25) is 0 Å². The number of rotatable bonds is 2. The highest BCUT2D eigenvalue weighted by Crippen LogP contribution is 2.26. The first-order valence-electron chi connectivity index (χ1n) is 3.85. The van der Waals surface area contributed by atoms with E-state index >= 15 is 0 Å². The Hall–Kier alpha value is -0.780. The van der Waals surface area contributed by atoms with Gasteiger partial charge >= 0.3 is 0 Å². The molecule has 0 heteroatoms. The summed E-state index contributed by atoms with van der Waals surface area (Å²) in [6, 6.07) is 0. The summed E-state index contributed by atoms with van der Waals surface area (Å²) in [5, 5.41) is 0. The minimum Gasteiger partial charge on any atom is -0.0985 e. The maximum Gasteiger partial charge on any atom is -0.0306 e. The summed E-state index contributed by atoms with van der Waals surface area (Å²) in [7, 11) is 0. The van der Waals surface area contributed by atoms with Crippen molar-refractivity contribution in [1.82, 2.24) is 0 Å². The zero-order valence-corrected chi connectivity index (χ0v) is 6.56. The van der Waals surface area contributed by atoms with Crippen molar-refractivity contribution in [2.45, 2.75) is 26.2 Å². The van der Waals surface area contributed by atoms with Gasteiger partial charge < -0.3 is 0 Å². The minimum atomic E-state index is 1.26. The molecule has 1 aliphatic carbocycles. The van der Waals surface area contributed by atoms with Crippen molar-refractivity contribution < 1.29 is 0 Å². The van der Waals surface area contributed by atoms with Gasteiger partial charge in [-0.1, -0.05) is 30.4 Å². The molecule has 0 unspecified atom stereocenters. The quantitative estimate of drug-likeness (QED) is 0.509. The molecule has 0 aliphatic heterocycles. The monoisotopic (exact) mass is 134 g/mol. The Morgan fingerprint density at radius 2 is 2.20 bits per heavy atom. The van der Waals surface area contributed by atoms with Gasteiger partial charge in [-0.05, 0) is 31.8 Å². The molecule has 1 saturated carbocycles. The van der Waals surface area contributed by atoms with Gasteiger partial charge in [0.25, 0.3) is 0 Å². The lowest BCUT2D eigenvalue weighted by Crippen LogP contribution is -1.96. The number of hydrogen-bond donors (Lipinski definition) is 0. The standard InChI is InChI=1S/C10H14/c1-3-9(4-2)8-10-6-5-7-10/h3-4,8H,1,5-7H2,2H3. The summed E-state index contributed by atoms with van der Waals surface area (Å²) in [6.45, 7) is 5.78. The number of hydrogen-bond acceptors (Lipinski definition) is 0. The Labute approximate surface area is 62.9 Å². The van der Waals surface area contributed by atoms with Crippen molar-refractivity contribution in [2.24, 2.45) is 0 Å².